The number of anilines is 1. The Labute approximate surface area is 225 Å². The van der Waals surface area contributed by atoms with E-state index in [1.54, 1.807) is 26.0 Å². The summed E-state index contributed by atoms with van der Waals surface area (Å²) in [6.45, 7) is 5.20. The number of hydrogen-bond acceptors (Lipinski definition) is 7. The summed E-state index contributed by atoms with van der Waals surface area (Å²) in [7, 11) is -1.62. The predicted octanol–water partition coefficient (Wildman–Crippen LogP) is 5.33. The number of aryl methyl sites for hydroxylation is 1. The van der Waals surface area contributed by atoms with E-state index in [4.69, 9.17) is 16.0 Å². The van der Waals surface area contributed by atoms with E-state index in [9.17, 15) is 23.5 Å². The maximum Gasteiger partial charge on any atom is 0.283 e. The Hall–Kier alpha value is -4.07. The van der Waals surface area contributed by atoms with Crippen LogP contribution in [0.3, 0.4) is 0 Å². The van der Waals surface area contributed by atoms with E-state index in [1.807, 2.05) is 19.1 Å². The Morgan fingerprint density at radius 3 is 2.63 bits per heavy atom. The van der Waals surface area contributed by atoms with Gasteiger partial charge < -0.3 is 9.73 Å². The van der Waals surface area contributed by atoms with E-state index in [0.717, 1.165) is 11.6 Å². The number of carbonyl (C=O) groups is 1. The van der Waals surface area contributed by atoms with E-state index in [2.05, 4.69) is 15.0 Å². The summed E-state index contributed by atoms with van der Waals surface area (Å²) in [5.41, 5.74) is 2.12. The molecule has 0 fully saturated rings. The summed E-state index contributed by atoms with van der Waals surface area (Å²) in [4.78, 5) is 30.1. The van der Waals surface area contributed by atoms with Crippen molar-refractivity contribution in [3.63, 3.8) is 0 Å². The van der Waals surface area contributed by atoms with Crippen LogP contribution >= 0.6 is 11.6 Å². The van der Waals surface area contributed by atoms with Crippen LogP contribution in [0.25, 0.3) is 22.3 Å². The molecule has 4 rings (SSSR count). The molecule has 38 heavy (non-hydrogen) atoms. The molecule has 2 heterocycles. The summed E-state index contributed by atoms with van der Waals surface area (Å²) in [6, 6.07) is 11.7. The molecule has 1 amide bonds. The zero-order valence-corrected chi connectivity index (χ0v) is 22.4. The van der Waals surface area contributed by atoms with Crippen LogP contribution < -0.4 is 15.5 Å². The number of carbonyl (C=O) groups excluding carboxylic acids is 1. The van der Waals surface area contributed by atoms with Gasteiger partial charge in [0, 0.05) is 22.9 Å². The molecule has 194 valence electrons. The summed E-state index contributed by atoms with van der Waals surface area (Å²) in [5, 5.41) is 13.2. The molecule has 2 N–H and O–H groups in total. The van der Waals surface area contributed by atoms with Crippen molar-refractivity contribution < 1.29 is 17.8 Å². The van der Waals surface area contributed by atoms with E-state index in [0.29, 0.717) is 16.6 Å². The van der Waals surface area contributed by atoms with Crippen LogP contribution in [-0.4, -0.2) is 21.4 Å². The smallest absolute Gasteiger partial charge is 0.283 e. The average molecular weight is 553 g/mol. The zero-order valence-electron chi connectivity index (χ0n) is 20.8. The average Bonchev–Trinajstić information content (AvgIpc) is 2.86. The van der Waals surface area contributed by atoms with Gasteiger partial charge in [-0.25, -0.2) is 13.6 Å². The summed E-state index contributed by atoms with van der Waals surface area (Å²) < 4.78 is 34.2. The second kappa shape index (κ2) is 10.7. The number of halogens is 2. The fraction of sp³-hybridized carbons (Fsp3) is 0.185. The van der Waals surface area contributed by atoms with Gasteiger partial charge in [0.25, 0.3) is 5.91 Å². The number of amides is 1. The van der Waals surface area contributed by atoms with Gasteiger partial charge in [-0.2, -0.15) is 5.26 Å². The van der Waals surface area contributed by atoms with Crippen molar-refractivity contribution in [1.29, 1.82) is 5.26 Å². The molecular weight excluding hydrogens is 531 g/mol. The van der Waals surface area contributed by atoms with Crippen LogP contribution in [0.5, 0.6) is 0 Å². The number of benzene rings is 2. The van der Waals surface area contributed by atoms with Crippen LogP contribution in [-0.2, 0) is 11.0 Å². The number of nitriles is 1. The van der Waals surface area contributed by atoms with Crippen LogP contribution in [0.15, 0.2) is 51.7 Å². The predicted molar refractivity (Wildman–Crippen MR) is 145 cm³/mol. The lowest BCUT2D eigenvalue weighted by Gasteiger charge is -2.20. The van der Waals surface area contributed by atoms with Gasteiger partial charge in [0.2, 0.25) is 0 Å². The molecule has 2 aromatic carbocycles. The molecule has 0 radical (unpaired) electrons. The standard InChI is InChI=1S/C27H22ClFN4O4S/c1-13-9-18(15(3)31-21-7-8-22(28)32-23(21)27(35)33-38(4)36)26-20(10-13)24(34)14(2)25(37-26)19-11-17(29)6-5-16(19)12-30/h5-11,15,31H,1-4H3,(H,33,35). The summed E-state index contributed by atoms with van der Waals surface area (Å²) in [6.07, 6.45) is 1.31. The maximum absolute atomic E-state index is 14.1. The highest BCUT2D eigenvalue weighted by atomic mass is 35.5. The number of rotatable bonds is 6. The quantitative estimate of drug-likeness (QED) is 0.310. The van der Waals surface area contributed by atoms with Gasteiger partial charge in [0.15, 0.2) is 11.1 Å². The molecule has 0 saturated carbocycles. The minimum atomic E-state index is -1.62. The monoisotopic (exact) mass is 552 g/mol. The summed E-state index contributed by atoms with van der Waals surface area (Å²) in [5.74, 6) is -1.17. The van der Waals surface area contributed by atoms with Crippen molar-refractivity contribution in [2.45, 2.75) is 26.8 Å². The van der Waals surface area contributed by atoms with Gasteiger partial charge in [-0.05, 0) is 62.7 Å². The second-order valence-electron chi connectivity index (χ2n) is 8.70. The maximum atomic E-state index is 14.1. The minimum absolute atomic E-state index is 0.0621. The molecule has 11 heteroatoms. The Morgan fingerprint density at radius 2 is 1.95 bits per heavy atom. The number of aromatic nitrogens is 1. The van der Waals surface area contributed by atoms with E-state index in [1.165, 1.54) is 24.5 Å². The Kier molecular flexibility index (Phi) is 7.62. The van der Waals surface area contributed by atoms with Crippen molar-refractivity contribution in [2.75, 3.05) is 11.6 Å². The van der Waals surface area contributed by atoms with Crippen LogP contribution in [0.4, 0.5) is 10.1 Å². The molecule has 0 aliphatic heterocycles. The lowest BCUT2D eigenvalue weighted by atomic mass is 9.97. The first kappa shape index (κ1) is 27.0. The molecule has 2 atom stereocenters. The van der Waals surface area contributed by atoms with Gasteiger partial charge in [-0.15, -0.1) is 0 Å². The minimum Gasteiger partial charge on any atom is -0.455 e. The molecule has 2 aromatic heterocycles. The molecule has 0 bridgehead atoms. The molecular formula is C27H22ClFN4O4S. The number of nitrogens with zero attached hydrogens (tertiary/aromatic N) is 2. The number of pyridine rings is 1. The third-order valence-electron chi connectivity index (χ3n) is 5.89. The van der Waals surface area contributed by atoms with E-state index < -0.39 is 28.8 Å². The van der Waals surface area contributed by atoms with Crippen LogP contribution in [0.2, 0.25) is 5.15 Å². The SMILES string of the molecule is Cc1cc(C(C)Nc2ccc(Cl)nc2C(=O)NS(C)=O)c2oc(-c3cc(F)ccc3C#N)c(C)c(=O)c2c1. The third-order valence-corrected chi connectivity index (χ3v) is 6.57. The second-order valence-corrected chi connectivity index (χ2v) is 10.2. The van der Waals surface area contributed by atoms with Crippen molar-refractivity contribution >= 4 is 45.2 Å². The van der Waals surface area contributed by atoms with Gasteiger partial charge >= 0.3 is 0 Å². The molecule has 0 aliphatic carbocycles. The largest absolute Gasteiger partial charge is 0.455 e. The first-order valence-electron chi connectivity index (χ1n) is 11.4. The van der Waals surface area contributed by atoms with Gasteiger partial charge in [0.1, 0.15) is 33.3 Å². The molecule has 2 unspecified atom stereocenters. The van der Waals surface area contributed by atoms with Crippen molar-refractivity contribution in [2.24, 2.45) is 0 Å². The van der Waals surface area contributed by atoms with Crippen molar-refractivity contribution in [1.82, 2.24) is 9.71 Å². The van der Waals surface area contributed by atoms with Crippen molar-refractivity contribution in [3.05, 3.63) is 91.6 Å². The Bertz CT molecular complexity index is 1730. The first-order chi connectivity index (χ1) is 18.0. The highest BCUT2D eigenvalue weighted by Gasteiger charge is 2.22. The van der Waals surface area contributed by atoms with E-state index >= 15 is 0 Å². The van der Waals surface area contributed by atoms with E-state index in [-0.39, 0.29) is 44.3 Å². The Morgan fingerprint density at radius 1 is 1.21 bits per heavy atom. The van der Waals surface area contributed by atoms with Gasteiger partial charge in [-0.1, -0.05) is 17.7 Å². The molecule has 0 aliphatic rings. The van der Waals surface area contributed by atoms with Crippen LogP contribution in [0.1, 0.15) is 45.7 Å². The first-order valence-corrected chi connectivity index (χ1v) is 13.3. The molecule has 8 nitrogen and oxygen atoms in total. The topological polar surface area (TPSA) is 125 Å². The molecule has 4 aromatic rings. The highest BCUT2D eigenvalue weighted by Crippen LogP contribution is 2.34. The number of fused-ring (bicyclic) bond motifs is 1. The Balaban J connectivity index is 1.89. The fourth-order valence-corrected chi connectivity index (χ4v) is 4.67. The normalized spacial score (nSPS) is 12.6. The lowest BCUT2D eigenvalue weighted by Crippen LogP contribution is -2.27. The van der Waals surface area contributed by atoms with Gasteiger partial charge in [-0.3, -0.25) is 14.3 Å². The number of hydrogen-bond donors (Lipinski definition) is 2. The third kappa shape index (κ3) is 5.30. The molecule has 0 spiro atoms. The number of nitrogens with one attached hydrogen (secondary N) is 2. The summed E-state index contributed by atoms with van der Waals surface area (Å²) >= 11 is 6.00. The lowest BCUT2D eigenvalue weighted by molar-refractivity contribution is 0.0979. The zero-order chi connectivity index (χ0) is 27.7. The van der Waals surface area contributed by atoms with Crippen molar-refractivity contribution in [3.8, 4) is 17.4 Å². The van der Waals surface area contributed by atoms with Crippen LogP contribution in [0, 0.1) is 31.0 Å². The van der Waals surface area contributed by atoms with Gasteiger partial charge in [0.05, 0.1) is 28.7 Å². The fourth-order valence-electron chi connectivity index (χ4n) is 4.16. The highest BCUT2D eigenvalue weighted by molar-refractivity contribution is 7.82. The molecule has 0 saturated heterocycles.